The third kappa shape index (κ3) is 4.27. The Balaban J connectivity index is 2.06. The van der Waals surface area contributed by atoms with E-state index in [2.05, 4.69) is 19.8 Å². The Morgan fingerprint density at radius 1 is 1.35 bits per heavy atom. The van der Waals surface area contributed by atoms with E-state index in [1.165, 1.54) is 0 Å². The molecule has 6 nitrogen and oxygen atoms in total. The van der Waals surface area contributed by atoms with Crippen LogP contribution in [0.1, 0.15) is 33.9 Å². The normalized spacial score (nSPS) is 12.2. The molecular formula is C16H22N4O2S. The van der Waals surface area contributed by atoms with E-state index in [-0.39, 0.29) is 11.9 Å². The molecule has 0 saturated carbocycles. The van der Waals surface area contributed by atoms with Crippen LogP contribution < -0.4 is 10.1 Å². The summed E-state index contributed by atoms with van der Waals surface area (Å²) in [7, 11) is 5.63. The maximum Gasteiger partial charge on any atom is 0.265 e. The smallest absolute Gasteiger partial charge is 0.265 e. The summed E-state index contributed by atoms with van der Waals surface area (Å²) in [4.78, 5) is 15.0. The number of benzene rings is 1. The van der Waals surface area contributed by atoms with Gasteiger partial charge in [0.25, 0.3) is 5.91 Å². The van der Waals surface area contributed by atoms with Crippen molar-refractivity contribution < 1.29 is 9.53 Å². The van der Waals surface area contributed by atoms with Crippen LogP contribution in [0.4, 0.5) is 0 Å². The number of aromatic nitrogens is 2. The molecule has 0 aliphatic heterocycles. The van der Waals surface area contributed by atoms with Gasteiger partial charge in [-0.3, -0.25) is 4.79 Å². The van der Waals surface area contributed by atoms with Crippen LogP contribution >= 0.6 is 11.5 Å². The van der Waals surface area contributed by atoms with E-state index >= 15 is 0 Å². The molecule has 2 rings (SSSR count). The average molecular weight is 334 g/mol. The lowest BCUT2D eigenvalue weighted by atomic mass is 10.1. The Hall–Kier alpha value is -1.99. The van der Waals surface area contributed by atoms with E-state index in [9.17, 15) is 4.79 Å². The van der Waals surface area contributed by atoms with Gasteiger partial charge in [0.05, 0.1) is 18.8 Å². The lowest BCUT2D eigenvalue weighted by Gasteiger charge is -2.25. The Labute approximate surface area is 140 Å². The van der Waals surface area contributed by atoms with E-state index in [1.807, 2.05) is 45.3 Å². The molecule has 0 bridgehead atoms. The molecule has 0 aliphatic carbocycles. The molecular weight excluding hydrogens is 312 g/mol. The molecule has 23 heavy (non-hydrogen) atoms. The standard InChI is InChI=1S/C16H22N4O2S/c1-5-13-15(23-19-18-13)16(21)17-10-14(20(2)3)11-6-8-12(22-4)9-7-11/h6-9,14H,5,10H2,1-4H3,(H,17,21)/t14-/m0/s1. The fourth-order valence-corrected chi connectivity index (χ4v) is 2.97. The van der Waals surface area contributed by atoms with E-state index in [1.54, 1.807) is 7.11 Å². The number of amides is 1. The van der Waals surface area contributed by atoms with Crippen LogP contribution in [0.3, 0.4) is 0 Å². The molecule has 2 aromatic rings. The maximum absolute atomic E-state index is 12.3. The number of nitrogens with zero attached hydrogens (tertiary/aromatic N) is 3. The number of carbonyl (C=O) groups excluding carboxylic acids is 1. The minimum atomic E-state index is -0.114. The van der Waals surface area contributed by atoms with Gasteiger partial charge in [-0.2, -0.15) is 0 Å². The molecule has 1 amide bonds. The largest absolute Gasteiger partial charge is 0.497 e. The summed E-state index contributed by atoms with van der Waals surface area (Å²) < 4.78 is 9.05. The number of hydrogen-bond acceptors (Lipinski definition) is 6. The zero-order valence-corrected chi connectivity index (χ0v) is 14.7. The van der Waals surface area contributed by atoms with Crippen molar-refractivity contribution in [2.45, 2.75) is 19.4 Å². The van der Waals surface area contributed by atoms with Crippen molar-refractivity contribution in [3.63, 3.8) is 0 Å². The van der Waals surface area contributed by atoms with Crippen molar-refractivity contribution in [3.8, 4) is 5.75 Å². The highest BCUT2D eigenvalue weighted by molar-refractivity contribution is 7.08. The van der Waals surface area contributed by atoms with Gasteiger partial charge in [-0.05, 0) is 49.7 Å². The predicted octanol–water partition coefficient (Wildman–Crippen LogP) is 2.14. The average Bonchev–Trinajstić information content (AvgIpc) is 3.04. The minimum Gasteiger partial charge on any atom is -0.497 e. The number of ether oxygens (including phenoxy) is 1. The summed E-state index contributed by atoms with van der Waals surface area (Å²) >= 11 is 1.14. The van der Waals surface area contributed by atoms with Crippen molar-refractivity contribution in [1.82, 2.24) is 19.8 Å². The van der Waals surface area contributed by atoms with E-state index in [4.69, 9.17) is 4.74 Å². The van der Waals surface area contributed by atoms with Crippen LogP contribution in [0.5, 0.6) is 5.75 Å². The second-order valence-electron chi connectivity index (χ2n) is 5.36. The topological polar surface area (TPSA) is 67.3 Å². The molecule has 1 atom stereocenters. The molecule has 1 heterocycles. The summed E-state index contributed by atoms with van der Waals surface area (Å²) in [6.07, 6.45) is 0.703. The Morgan fingerprint density at radius 2 is 2.04 bits per heavy atom. The first-order valence-corrected chi connectivity index (χ1v) is 8.24. The first kappa shape index (κ1) is 17.4. The van der Waals surface area contributed by atoms with Gasteiger partial charge in [-0.15, -0.1) is 5.10 Å². The number of rotatable bonds is 7. The third-order valence-electron chi connectivity index (χ3n) is 3.68. The van der Waals surface area contributed by atoms with Crippen LogP contribution in [0, 0.1) is 0 Å². The van der Waals surface area contributed by atoms with Crippen molar-refractivity contribution >= 4 is 17.4 Å². The summed E-state index contributed by atoms with van der Waals surface area (Å²) in [6.45, 7) is 2.48. The fraction of sp³-hybridized carbons (Fsp3) is 0.438. The highest BCUT2D eigenvalue weighted by atomic mass is 32.1. The number of hydrogen-bond donors (Lipinski definition) is 1. The van der Waals surface area contributed by atoms with Gasteiger partial charge in [0.15, 0.2) is 0 Å². The van der Waals surface area contributed by atoms with Crippen LogP contribution in [0.25, 0.3) is 0 Å². The number of carbonyl (C=O) groups is 1. The lowest BCUT2D eigenvalue weighted by molar-refractivity contribution is 0.0945. The first-order chi connectivity index (χ1) is 11.1. The summed E-state index contributed by atoms with van der Waals surface area (Å²) in [5, 5.41) is 6.97. The third-order valence-corrected chi connectivity index (χ3v) is 4.44. The fourth-order valence-electron chi connectivity index (χ4n) is 2.31. The van der Waals surface area contributed by atoms with E-state index in [0.29, 0.717) is 17.8 Å². The van der Waals surface area contributed by atoms with E-state index < -0.39 is 0 Å². The second-order valence-corrected chi connectivity index (χ2v) is 6.12. The van der Waals surface area contributed by atoms with Gasteiger partial charge in [-0.1, -0.05) is 23.5 Å². The molecule has 7 heteroatoms. The lowest BCUT2D eigenvalue weighted by Crippen LogP contribution is -2.34. The van der Waals surface area contributed by atoms with Gasteiger partial charge < -0.3 is 15.0 Å². The first-order valence-electron chi connectivity index (χ1n) is 7.46. The summed E-state index contributed by atoms with van der Waals surface area (Å²) in [6, 6.07) is 7.96. The number of methoxy groups -OCH3 is 1. The highest BCUT2D eigenvalue weighted by Crippen LogP contribution is 2.21. The molecule has 0 spiro atoms. The quantitative estimate of drug-likeness (QED) is 0.840. The van der Waals surface area contributed by atoms with Crippen molar-refractivity contribution in [1.29, 1.82) is 0 Å². The Bertz CT molecular complexity index is 640. The molecule has 1 N–H and O–H groups in total. The molecule has 0 radical (unpaired) electrons. The monoisotopic (exact) mass is 334 g/mol. The van der Waals surface area contributed by atoms with Crippen molar-refractivity contribution in [2.24, 2.45) is 0 Å². The SMILES string of the molecule is CCc1nnsc1C(=O)NC[C@@H](c1ccc(OC)cc1)N(C)C. The molecule has 0 fully saturated rings. The Kier molecular flexibility index (Phi) is 6.06. The zero-order chi connectivity index (χ0) is 16.8. The van der Waals surface area contributed by atoms with Crippen LogP contribution in [-0.2, 0) is 6.42 Å². The van der Waals surface area contributed by atoms with Crippen molar-refractivity contribution in [3.05, 3.63) is 40.4 Å². The van der Waals surface area contributed by atoms with Gasteiger partial charge in [0, 0.05) is 6.54 Å². The number of nitrogens with one attached hydrogen (secondary N) is 1. The van der Waals surface area contributed by atoms with Gasteiger partial charge in [0.1, 0.15) is 10.6 Å². The predicted molar refractivity (Wildman–Crippen MR) is 91.0 cm³/mol. The molecule has 0 aliphatic rings. The van der Waals surface area contributed by atoms with Crippen LogP contribution in [0.2, 0.25) is 0 Å². The molecule has 1 aromatic heterocycles. The van der Waals surface area contributed by atoms with Gasteiger partial charge in [0.2, 0.25) is 0 Å². The van der Waals surface area contributed by atoms with Crippen LogP contribution in [0.15, 0.2) is 24.3 Å². The molecule has 0 unspecified atom stereocenters. The maximum atomic E-state index is 12.3. The van der Waals surface area contributed by atoms with Gasteiger partial charge >= 0.3 is 0 Å². The minimum absolute atomic E-state index is 0.0795. The molecule has 0 saturated heterocycles. The Morgan fingerprint density at radius 3 is 2.61 bits per heavy atom. The summed E-state index contributed by atoms with van der Waals surface area (Å²) in [5.74, 6) is 0.704. The summed E-state index contributed by atoms with van der Waals surface area (Å²) in [5.41, 5.74) is 1.87. The van der Waals surface area contributed by atoms with Crippen LogP contribution in [-0.4, -0.2) is 48.1 Å². The molecule has 124 valence electrons. The number of aryl methyl sites for hydroxylation is 1. The van der Waals surface area contributed by atoms with Gasteiger partial charge in [-0.25, -0.2) is 0 Å². The highest BCUT2D eigenvalue weighted by Gasteiger charge is 2.19. The number of likely N-dealkylation sites (N-methyl/N-ethyl adjacent to an activating group) is 1. The van der Waals surface area contributed by atoms with E-state index in [0.717, 1.165) is 28.5 Å². The zero-order valence-electron chi connectivity index (χ0n) is 13.9. The van der Waals surface area contributed by atoms with Crippen molar-refractivity contribution in [2.75, 3.05) is 27.7 Å². The second kappa shape index (κ2) is 8.03. The molecule has 1 aromatic carbocycles.